The Kier molecular flexibility index (Phi) is 8.73. The molecule has 134 valence electrons. The van der Waals surface area contributed by atoms with E-state index in [1.165, 1.54) is 0 Å². The molecule has 1 aromatic carbocycles. The Morgan fingerprint density at radius 3 is 2.83 bits per heavy atom. The molecule has 1 aliphatic rings. The maximum atomic E-state index is 12.9. The highest BCUT2D eigenvalue weighted by atomic mass is 79.9. The van der Waals surface area contributed by atoms with Gasteiger partial charge >= 0.3 is 0 Å². The van der Waals surface area contributed by atoms with E-state index in [0.717, 1.165) is 41.4 Å². The number of nitrogens with two attached hydrogens (primary N) is 1. The molecule has 0 bridgehead atoms. The number of halogens is 2. The Bertz CT molecular complexity index is 583. The molecule has 1 unspecified atom stereocenters. The van der Waals surface area contributed by atoms with Crippen LogP contribution >= 0.6 is 28.3 Å². The summed E-state index contributed by atoms with van der Waals surface area (Å²) in [6.07, 6.45) is 3.33. The van der Waals surface area contributed by atoms with Gasteiger partial charge in [0.25, 0.3) is 5.91 Å². The molecule has 0 aliphatic carbocycles. The van der Waals surface area contributed by atoms with Crippen molar-refractivity contribution in [2.75, 3.05) is 19.6 Å². The van der Waals surface area contributed by atoms with Crippen molar-refractivity contribution in [1.82, 2.24) is 10.2 Å². The van der Waals surface area contributed by atoms with Crippen LogP contribution in [-0.4, -0.2) is 42.4 Å². The van der Waals surface area contributed by atoms with E-state index in [1.807, 2.05) is 30.0 Å². The molecule has 1 saturated heterocycles. The number of hydrogen-bond acceptors (Lipinski definition) is 3. The summed E-state index contributed by atoms with van der Waals surface area (Å²) in [6.45, 7) is 3.52. The topological polar surface area (TPSA) is 75.4 Å². The summed E-state index contributed by atoms with van der Waals surface area (Å²) < 4.78 is 0.938. The number of hydrogen-bond donors (Lipinski definition) is 2. The molecule has 5 nitrogen and oxygen atoms in total. The summed E-state index contributed by atoms with van der Waals surface area (Å²) in [7, 11) is 0. The molecule has 1 heterocycles. The summed E-state index contributed by atoms with van der Waals surface area (Å²) >= 11 is 3.48. The van der Waals surface area contributed by atoms with Crippen LogP contribution in [0, 0.1) is 6.92 Å². The van der Waals surface area contributed by atoms with E-state index in [0.29, 0.717) is 19.5 Å². The number of carbonyl (C=O) groups excluding carboxylic acids is 2. The minimum absolute atomic E-state index is 0. The Labute approximate surface area is 157 Å². The fourth-order valence-electron chi connectivity index (χ4n) is 2.93. The van der Waals surface area contributed by atoms with Gasteiger partial charge in [0.15, 0.2) is 0 Å². The summed E-state index contributed by atoms with van der Waals surface area (Å²) in [5.74, 6) is -0.00863. The summed E-state index contributed by atoms with van der Waals surface area (Å²) in [5.41, 5.74) is 7.07. The van der Waals surface area contributed by atoms with Crippen LogP contribution in [0.25, 0.3) is 0 Å². The van der Waals surface area contributed by atoms with Crippen LogP contribution < -0.4 is 11.1 Å². The highest BCUT2D eigenvalue weighted by Gasteiger charge is 2.28. The van der Waals surface area contributed by atoms with Crippen LogP contribution in [0.4, 0.5) is 0 Å². The molecule has 1 aromatic rings. The van der Waals surface area contributed by atoms with Crippen molar-refractivity contribution in [3.8, 4) is 0 Å². The molecule has 7 heteroatoms. The molecule has 1 atom stereocenters. The zero-order chi connectivity index (χ0) is 16.8. The smallest absolute Gasteiger partial charge is 0.254 e. The van der Waals surface area contributed by atoms with Crippen molar-refractivity contribution in [1.29, 1.82) is 0 Å². The molecule has 0 radical (unpaired) electrons. The lowest BCUT2D eigenvalue weighted by Crippen LogP contribution is -2.49. The predicted octanol–water partition coefficient (Wildman–Crippen LogP) is 2.64. The Hall–Kier alpha value is -1.11. The number of amides is 2. The normalized spacial score (nSPS) is 17.1. The number of rotatable bonds is 5. The molecule has 2 rings (SSSR count). The van der Waals surface area contributed by atoms with Crippen molar-refractivity contribution in [3.05, 3.63) is 33.8 Å². The molecule has 0 saturated carbocycles. The van der Waals surface area contributed by atoms with Crippen molar-refractivity contribution >= 4 is 40.2 Å². The average Bonchev–Trinajstić information content (AvgIpc) is 2.55. The maximum absolute atomic E-state index is 12.9. The van der Waals surface area contributed by atoms with Gasteiger partial charge in [-0.2, -0.15) is 0 Å². The van der Waals surface area contributed by atoms with Gasteiger partial charge in [-0.15, -0.1) is 12.4 Å². The van der Waals surface area contributed by atoms with Crippen LogP contribution in [-0.2, 0) is 4.79 Å². The van der Waals surface area contributed by atoms with Crippen molar-refractivity contribution < 1.29 is 9.59 Å². The van der Waals surface area contributed by atoms with Gasteiger partial charge in [-0.3, -0.25) is 9.59 Å². The van der Waals surface area contributed by atoms with Gasteiger partial charge < -0.3 is 16.0 Å². The molecule has 0 spiro atoms. The van der Waals surface area contributed by atoms with Crippen molar-refractivity contribution in [2.24, 2.45) is 5.73 Å². The van der Waals surface area contributed by atoms with Gasteiger partial charge in [0.05, 0.1) is 0 Å². The second kappa shape index (κ2) is 10.0. The van der Waals surface area contributed by atoms with Crippen LogP contribution in [0.15, 0.2) is 22.7 Å². The van der Waals surface area contributed by atoms with Gasteiger partial charge in [0.2, 0.25) is 5.91 Å². The molecule has 2 amide bonds. The van der Waals surface area contributed by atoms with Crippen LogP contribution in [0.1, 0.15) is 41.6 Å². The highest BCUT2D eigenvalue weighted by molar-refractivity contribution is 9.10. The number of nitrogens with one attached hydrogen (secondary N) is 1. The van der Waals surface area contributed by atoms with E-state index in [1.54, 1.807) is 0 Å². The standard InChI is InChI=1S/C17H24BrN3O2.ClH/c1-12-14(6-4-7-15(12)18)17(23)21-10-3-2-5-13(21)11-20-16(22)8-9-19;/h4,6-7,13H,2-3,5,8-11,19H2,1H3,(H,20,22);1H. The lowest BCUT2D eigenvalue weighted by atomic mass is 9.99. The number of piperidine rings is 1. The molecule has 24 heavy (non-hydrogen) atoms. The molecule has 3 N–H and O–H groups in total. The minimum Gasteiger partial charge on any atom is -0.354 e. The average molecular weight is 419 g/mol. The van der Waals surface area contributed by atoms with E-state index < -0.39 is 0 Å². The first-order valence-corrected chi connectivity index (χ1v) is 8.86. The fourth-order valence-corrected chi connectivity index (χ4v) is 3.29. The van der Waals surface area contributed by atoms with Crippen LogP contribution in [0.3, 0.4) is 0 Å². The number of carbonyl (C=O) groups is 2. The molecule has 1 aliphatic heterocycles. The third kappa shape index (κ3) is 5.19. The second-order valence-electron chi connectivity index (χ2n) is 5.90. The number of nitrogens with zero attached hydrogens (tertiary/aromatic N) is 1. The van der Waals surface area contributed by atoms with E-state index >= 15 is 0 Å². The largest absolute Gasteiger partial charge is 0.354 e. The SMILES string of the molecule is Cc1c(Br)cccc1C(=O)N1CCCCC1CNC(=O)CCN.Cl. The van der Waals surface area contributed by atoms with Gasteiger partial charge in [-0.25, -0.2) is 0 Å². The quantitative estimate of drug-likeness (QED) is 0.772. The van der Waals surface area contributed by atoms with Crippen LogP contribution in [0.2, 0.25) is 0 Å². The summed E-state index contributed by atoms with van der Waals surface area (Å²) in [5, 5.41) is 2.89. The number of likely N-dealkylation sites (tertiary alicyclic amines) is 1. The zero-order valence-corrected chi connectivity index (χ0v) is 16.3. The second-order valence-corrected chi connectivity index (χ2v) is 6.76. The summed E-state index contributed by atoms with van der Waals surface area (Å²) in [4.78, 5) is 26.5. The molecular formula is C17H25BrClN3O2. The third-order valence-electron chi connectivity index (χ3n) is 4.29. The van der Waals surface area contributed by atoms with Gasteiger partial charge in [-0.1, -0.05) is 22.0 Å². The van der Waals surface area contributed by atoms with Crippen LogP contribution in [0.5, 0.6) is 0 Å². The monoisotopic (exact) mass is 417 g/mol. The molecular weight excluding hydrogens is 394 g/mol. The lowest BCUT2D eigenvalue weighted by molar-refractivity contribution is -0.121. The zero-order valence-electron chi connectivity index (χ0n) is 13.9. The Balaban J connectivity index is 0.00000288. The van der Waals surface area contributed by atoms with Gasteiger partial charge in [0.1, 0.15) is 0 Å². The third-order valence-corrected chi connectivity index (χ3v) is 5.15. The highest BCUT2D eigenvalue weighted by Crippen LogP contribution is 2.24. The van der Waals surface area contributed by atoms with E-state index in [9.17, 15) is 9.59 Å². The van der Waals surface area contributed by atoms with Crippen molar-refractivity contribution in [3.63, 3.8) is 0 Å². The Morgan fingerprint density at radius 1 is 1.38 bits per heavy atom. The minimum atomic E-state index is -0.0518. The fraction of sp³-hybridized carbons (Fsp3) is 0.529. The maximum Gasteiger partial charge on any atom is 0.254 e. The van der Waals surface area contributed by atoms with E-state index in [4.69, 9.17) is 5.73 Å². The predicted molar refractivity (Wildman–Crippen MR) is 101 cm³/mol. The number of benzene rings is 1. The first-order chi connectivity index (χ1) is 11.0. The van der Waals surface area contributed by atoms with E-state index in [2.05, 4.69) is 21.2 Å². The van der Waals surface area contributed by atoms with Crippen molar-refractivity contribution in [2.45, 2.75) is 38.6 Å². The van der Waals surface area contributed by atoms with E-state index in [-0.39, 0.29) is 30.3 Å². The van der Waals surface area contributed by atoms with Gasteiger partial charge in [0, 0.05) is 42.1 Å². The molecule has 0 aromatic heterocycles. The lowest BCUT2D eigenvalue weighted by Gasteiger charge is -2.36. The first kappa shape index (κ1) is 20.9. The van der Waals surface area contributed by atoms with Gasteiger partial charge in [-0.05, 0) is 43.9 Å². The first-order valence-electron chi connectivity index (χ1n) is 8.07. The summed E-state index contributed by atoms with van der Waals surface area (Å²) in [6, 6.07) is 5.73. The Morgan fingerprint density at radius 2 is 2.12 bits per heavy atom. The molecule has 1 fully saturated rings.